The van der Waals surface area contributed by atoms with Gasteiger partial charge in [0.15, 0.2) is 12.5 Å². The number of para-hydroxylation sites is 1. The molecule has 2 heterocycles. The molecule has 0 radical (unpaired) electrons. The number of hydrogen-bond acceptors (Lipinski definition) is 9. The lowest BCUT2D eigenvalue weighted by Gasteiger charge is -2.25. The topological polar surface area (TPSA) is 147 Å². The molecule has 0 aliphatic carbocycles. The average Bonchev–Trinajstić information content (AvgIpc) is 3.39. The van der Waals surface area contributed by atoms with E-state index < -0.39 is 43.5 Å². The van der Waals surface area contributed by atoms with Crippen molar-refractivity contribution < 1.29 is 32.6 Å². The van der Waals surface area contributed by atoms with Crippen molar-refractivity contribution in [3.8, 4) is 5.75 Å². The van der Waals surface area contributed by atoms with E-state index in [0.29, 0.717) is 5.56 Å². The highest BCUT2D eigenvalue weighted by Crippen LogP contribution is 2.45. The minimum Gasteiger partial charge on any atom is -0.465 e. The van der Waals surface area contributed by atoms with Gasteiger partial charge in [0.25, 0.3) is 5.56 Å². The highest BCUT2D eigenvalue weighted by atomic mass is 31.2. The third kappa shape index (κ3) is 7.75. The van der Waals surface area contributed by atoms with Gasteiger partial charge in [-0.2, -0.15) is 5.09 Å². The molecule has 2 aromatic carbocycles. The Morgan fingerprint density at radius 1 is 1.15 bits per heavy atom. The first-order valence-electron chi connectivity index (χ1n) is 12.3. The van der Waals surface area contributed by atoms with Gasteiger partial charge in [0.1, 0.15) is 18.4 Å². The van der Waals surface area contributed by atoms with Crippen LogP contribution in [0.5, 0.6) is 5.75 Å². The molecule has 2 N–H and O–H groups in total. The Hall–Kier alpha value is -3.54. The molecule has 208 valence electrons. The predicted molar refractivity (Wildman–Crippen MR) is 140 cm³/mol. The number of aromatic amines is 1. The van der Waals surface area contributed by atoms with E-state index in [1.165, 1.54) is 10.8 Å². The summed E-state index contributed by atoms with van der Waals surface area (Å²) in [5, 5.41) is 2.73. The number of rotatable bonds is 12. The van der Waals surface area contributed by atoms with Crippen LogP contribution < -0.4 is 20.9 Å². The molecule has 4 rings (SSSR count). The lowest BCUT2D eigenvalue weighted by atomic mass is 10.1. The standard InChI is InChI=1S/C26H30N3O9P/c1-3-34-25(31)21(14-19-10-6-4-7-11-19)28-39(33,38-20-12-8-5-9-13-20)36-17-23-35-16-22(37-23)29-15-18(2)24(30)27-26(29)32/h4-13,15,21-23H,3,14,16-17H2,1-2H3,(H,28,33)(H,27,30,32)/t21-,22+,23+,39?/m0/s1. The van der Waals surface area contributed by atoms with Crippen molar-refractivity contribution in [3.63, 3.8) is 0 Å². The number of aromatic nitrogens is 2. The number of nitrogens with zero attached hydrogens (tertiary/aromatic N) is 1. The van der Waals surface area contributed by atoms with Gasteiger partial charge in [0, 0.05) is 11.8 Å². The van der Waals surface area contributed by atoms with Crippen molar-refractivity contribution in [3.05, 3.63) is 98.8 Å². The Balaban J connectivity index is 1.50. The third-order valence-corrected chi connectivity index (χ3v) is 7.27. The zero-order valence-corrected chi connectivity index (χ0v) is 22.4. The maximum absolute atomic E-state index is 14.0. The molecule has 4 atom stereocenters. The van der Waals surface area contributed by atoms with Crippen molar-refractivity contribution in [1.82, 2.24) is 14.6 Å². The quantitative estimate of drug-likeness (QED) is 0.251. The Labute approximate surface area is 224 Å². The lowest BCUT2D eigenvalue weighted by molar-refractivity contribution is -0.145. The van der Waals surface area contributed by atoms with Crippen LogP contribution in [-0.4, -0.2) is 47.7 Å². The Morgan fingerprint density at radius 3 is 2.54 bits per heavy atom. The molecule has 1 aliphatic rings. The number of hydrogen-bond donors (Lipinski definition) is 2. The fourth-order valence-electron chi connectivity index (χ4n) is 3.81. The molecule has 1 unspecified atom stereocenters. The van der Waals surface area contributed by atoms with Crippen molar-refractivity contribution >= 4 is 13.7 Å². The molecular weight excluding hydrogens is 529 g/mol. The van der Waals surface area contributed by atoms with Crippen molar-refractivity contribution in [2.45, 2.75) is 38.8 Å². The number of ether oxygens (including phenoxy) is 3. The summed E-state index contributed by atoms with van der Waals surface area (Å²) in [5.41, 5.74) is -0.0157. The summed E-state index contributed by atoms with van der Waals surface area (Å²) in [4.78, 5) is 38.9. The summed E-state index contributed by atoms with van der Waals surface area (Å²) >= 11 is 0. The smallest absolute Gasteiger partial charge is 0.459 e. The highest BCUT2D eigenvalue weighted by molar-refractivity contribution is 7.52. The second kappa shape index (κ2) is 13.0. The van der Waals surface area contributed by atoms with Gasteiger partial charge >= 0.3 is 19.4 Å². The first-order chi connectivity index (χ1) is 18.8. The van der Waals surface area contributed by atoms with E-state index in [4.69, 9.17) is 23.3 Å². The zero-order chi connectivity index (χ0) is 27.8. The Morgan fingerprint density at radius 2 is 1.85 bits per heavy atom. The Bertz CT molecular complexity index is 1410. The fraction of sp³-hybridized carbons (Fsp3) is 0.346. The predicted octanol–water partition coefficient (Wildman–Crippen LogP) is 2.68. The molecule has 12 nitrogen and oxygen atoms in total. The molecule has 0 bridgehead atoms. The van der Waals surface area contributed by atoms with Gasteiger partial charge < -0.3 is 18.7 Å². The second-order valence-electron chi connectivity index (χ2n) is 8.65. The zero-order valence-electron chi connectivity index (χ0n) is 21.5. The lowest BCUT2D eigenvalue weighted by Crippen LogP contribution is -2.40. The van der Waals surface area contributed by atoms with E-state index in [0.717, 1.165) is 5.56 Å². The molecule has 0 amide bonds. The third-order valence-electron chi connectivity index (χ3n) is 5.71. The molecule has 0 spiro atoms. The molecular formula is C26H30N3O9P. The summed E-state index contributed by atoms with van der Waals surface area (Å²) in [6.07, 6.45) is -0.317. The van der Waals surface area contributed by atoms with E-state index in [1.54, 1.807) is 44.2 Å². The molecule has 39 heavy (non-hydrogen) atoms. The van der Waals surface area contributed by atoms with Crippen LogP contribution in [0.1, 0.15) is 24.3 Å². The second-order valence-corrected chi connectivity index (χ2v) is 10.3. The number of carbonyl (C=O) groups is 1. The van der Waals surface area contributed by atoms with Gasteiger partial charge in [-0.25, -0.2) is 9.36 Å². The molecule has 1 aliphatic heterocycles. The van der Waals surface area contributed by atoms with Crippen molar-refractivity contribution in [2.24, 2.45) is 0 Å². The fourth-order valence-corrected chi connectivity index (χ4v) is 5.29. The van der Waals surface area contributed by atoms with Crippen LogP contribution in [0.15, 0.2) is 76.4 Å². The first-order valence-corrected chi connectivity index (χ1v) is 13.9. The van der Waals surface area contributed by atoms with Gasteiger partial charge in [-0.1, -0.05) is 48.5 Å². The summed E-state index contributed by atoms with van der Waals surface area (Å²) < 4.78 is 43.1. The Kier molecular flexibility index (Phi) is 9.50. The normalized spacial score (nSPS) is 19.2. The van der Waals surface area contributed by atoms with E-state index in [9.17, 15) is 18.9 Å². The number of H-pyrrole nitrogens is 1. The molecule has 1 aromatic heterocycles. The minimum absolute atomic E-state index is 0.0177. The number of benzene rings is 2. The largest absolute Gasteiger partial charge is 0.465 e. The minimum atomic E-state index is -4.21. The molecule has 13 heteroatoms. The van der Waals surface area contributed by atoms with Crippen molar-refractivity contribution in [1.29, 1.82) is 0 Å². The maximum atomic E-state index is 14.0. The van der Waals surface area contributed by atoms with Gasteiger partial charge in [0.05, 0.1) is 13.2 Å². The van der Waals surface area contributed by atoms with Crippen LogP contribution in [-0.2, 0) is 34.5 Å². The average molecular weight is 560 g/mol. The molecule has 0 saturated carbocycles. The van der Waals surface area contributed by atoms with Gasteiger partial charge in [-0.05, 0) is 38.0 Å². The van der Waals surface area contributed by atoms with E-state index in [1.807, 2.05) is 30.3 Å². The summed E-state index contributed by atoms with van der Waals surface area (Å²) in [6.45, 7) is 2.99. The van der Waals surface area contributed by atoms with Crippen LogP contribution in [0.3, 0.4) is 0 Å². The SMILES string of the molecule is CCOC(=O)[C@H](Cc1ccccc1)NP(=O)(OC[C@@H]1OC[C@H](n2cc(C)c(=O)[nH]c2=O)O1)Oc1ccccc1. The monoisotopic (exact) mass is 559 g/mol. The van der Waals surface area contributed by atoms with Crippen LogP contribution in [0, 0.1) is 6.92 Å². The summed E-state index contributed by atoms with van der Waals surface area (Å²) in [5.74, 6) is -0.375. The van der Waals surface area contributed by atoms with E-state index in [2.05, 4.69) is 10.1 Å². The number of aryl methyl sites for hydroxylation is 1. The number of carbonyl (C=O) groups excluding carboxylic acids is 1. The molecule has 1 saturated heterocycles. The number of nitrogens with one attached hydrogen (secondary N) is 2. The summed E-state index contributed by atoms with van der Waals surface area (Å²) in [6, 6.07) is 16.5. The maximum Gasteiger partial charge on any atom is 0.459 e. The van der Waals surface area contributed by atoms with Crippen molar-refractivity contribution in [2.75, 3.05) is 19.8 Å². The summed E-state index contributed by atoms with van der Waals surface area (Å²) in [7, 11) is -4.21. The van der Waals surface area contributed by atoms with Crippen LogP contribution in [0.4, 0.5) is 0 Å². The van der Waals surface area contributed by atoms with Crippen LogP contribution in [0.25, 0.3) is 0 Å². The van der Waals surface area contributed by atoms with Crippen LogP contribution >= 0.6 is 7.75 Å². The van der Waals surface area contributed by atoms with Crippen LogP contribution in [0.2, 0.25) is 0 Å². The van der Waals surface area contributed by atoms with E-state index >= 15 is 0 Å². The van der Waals surface area contributed by atoms with Gasteiger partial charge in [-0.3, -0.25) is 23.7 Å². The highest BCUT2D eigenvalue weighted by Gasteiger charge is 2.37. The van der Waals surface area contributed by atoms with Gasteiger partial charge in [-0.15, -0.1) is 0 Å². The van der Waals surface area contributed by atoms with E-state index in [-0.39, 0.29) is 32.0 Å². The molecule has 1 fully saturated rings. The number of esters is 1. The molecule has 3 aromatic rings. The van der Waals surface area contributed by atoms with Gasteiger partial charge in [0.2, 0.25) is 0 Å². The first kappa shape index (κ1) is 28.5.